The third-order valence-electron chi connectivity index (χ3n) is 10.6. The minimum Gasteiger partial charge on any atom is -0.481 e. The SMILES string of the molecule is CCc1ccc(NS(=O)(=O)c2ccc(CNC(=O)c3ccc(-c4ccc(C5=N[C@@H](CC(=O)O)c6nnc(C)n6-c6sc(C)c(C)c65)cc4)cc3)cc2)c2[nH]cc(C#N)c12. The van der Waals surface area contributed by atoms with Gasteiger partial charge in [-0.3, -0.25) is 23.9 Å². The van der Waals surface area contributed by atoms with Gasteiger partial charge in [-0.25, -0.2) is 8.42 Å². The van der Waals surface area contributed by atoms with Crippen molar-refractivity contribution >= 4 is 55.5 Å². The van der Waals surface area contributed by atoms with E-state index in [0.717, 1.165) is 48.8 Å². The number of nitrogens with zero attached hydrogens (tertiary/aromatic N) is 5. The fraction of sp³-hybridized carbons (Fsp3) is 0.182. The first-order valence-electron chi connectivity index (χ1n) is 18.8. The molecule has 1 aliphatic heterocycles. The first-order chi connectivity index (χ1) is 28.4. The Morgan fingerprint density at radius 3 is 2.27 bits per heavy atom. The number of hydrogen-bond donors (Lipinski definition) is 4. The Labute approximate surface area is 344 Å². The van der Waals surface area contributed by atoms with Gasteiger partial charge in [-0.2, -0.15) is 5.26 Å². The number of aryl methyl sites for hydroxylation is 3. The molecule has 13 nitrogen and oxygen atoms in total. The molecule has 0 aliphatic carbocycles. The summed E-state index contributed by atoms with van der Waals surface area (Å²) in [5.74, 6) is -0.0800. The Morgan fingerprint density at radius 1 is 0.932 bits per heavy atom. The van der Waals surface area contributed by atoms with E-state index in [2.05, 4.69) is 38.2 Å². The summed E-state index contributed by atoms with van der Waals surface area (Å²) in [6.07, 6.45) is 2.05. The van der Waals surface area contributed by atoms with Gasteiger partial charge < -0.3 is 15.4 Å². The molecule has 3 aromatic heterocycles. The lowest BCUT2D eigenvalue weighted by molar-refractivity contribution is -0.137. The van der Waals surface area contributed by atoms with Gasteiger partial charge in [0.05, 0.1) is 33.8 Å². The Balaban J connectivity index is 0.940. The molecule has 4 heterocycles. The fourth-order valence-electron chi connectivity index (χ4n) is 7.39. The number of nitrogens with one attached hydrogen (secondary N) is 3. The monoisotopic (exact) mass is 822 g/mol. The minimum atomic E-state index is -3.95. The van der Waals surface area contributed by atoms with E-state index < -0.39 is 22.0 Å². The molecule has 7 aromatic rings. The van der Waals surface area contributed by atoms with Gasteiger partial charge in [0.25, 0.3) is 15.9 Å². The molecule has 4 aromatic carbocycles. The van der Waals surface area contributed by atoms with Crippen LogP contribution in [0, 0.1) is 32.1 Å². The Kier molecular flexibility index (Phi) is 10.2. The van der Waals surface area contributed by atoms with Crippen molar-refractivity contribution in [1.82, 2.24) is 25.1 Å². The lowest BCUT2D eigenvalue weighted by Crippen LogP contribution is -2.22. The molecule has 8 rings (SSSR count). The molecule has 59 heavy (non-hydrogen) atoms. The van der Waals surface area contributed by atoms with E-state index in [4.69, 9.17) is 4.99 Å². The number of amides is 1. The number of aliphatic carboxylic acids is 1. The molecule has 0 saturated heterocycles. The number of carbonyl (C=O) groups is 2. The molecule has 0 radical (unpaired) electrons. The average molecular weight is 823 g/mol. The van der Waals surface area contributed by atoms with E-state index in [0.29, 0.717) is 51.5 Å². The number of sulfonamides is 1. The molecule has 1 atom stereocenters. The number of benzene rings is 4. The van der Waals surface area contributed by atoms with Crippen LogP contribution in [0.5, 0.6) is 0 Å². The van der Waals surface area contributed by atoms with Crippen molar-refractivity contribution in [2.75, 3.05) is 4.72 Å². The molecule has 0 bridgehead atoms. The molecular formula is C44H38N8O5S2. The summed E-state index contributed by atoms with van der Waals surface area (Å²) < 4.78 is 31.2. The van der Waals surface area contributed by atoms with Crippen molar-refractivity contribution < 1.29 is 23.1 Å². The highest BCUT2D eigenvalue weighted by Gasteiger charge is 2.32. The van der Waals surface area contributed by atoms with Crippen LogP contribution in [0.2, 0.25) is 0 Å². The lowest BCUT2D eigenvalue weighted by Gasteiger charge is -2.12. The van der Waals surface area contributed by atoms with Crippen molar-refractivity contribution in [3.05, 3.63) is 147 Å². The number of carboxylic acids is 1. The maximum atomic E-state index is 13.3. The van der Waals surface area contributed by atoms with Crippen LogP contribution in [0.4, 0.5) is 5.69 Å². The van der Waals surface area contributed by atoms with Gasteiger partial charge in [0, 0.05) is 39.7 Å². The second-order valence-corrected chi connectivity index (χ2v) is 17.2. The van der Waals surface area contributed by atoms with Crippen LogP contribution in [-0.2, 0) is 27.8 Å². The van der Waals surface area contributed by atoms with E-state index in [-0.39, 0.29) is 23.8 Å². The van der Waals surface area contributed by atoms with E-state index in [1.165, 1.54) is 12.1 Å². The number of thiophene rings is 1. The van der Waals surface area contributed by atoms with E-state index in [1.54, 1.807) is 47.9 Å². The summed E-state index contributed by atoms with van der Waals surface area (Å²) in [4.78, 5) is 34.3. The molecule has 1 amide bonds. The van der Waals surface area contributed by atoms with Crippen LogP contribution < -0.4 is 10.0 Å². The van der Waals surface area contributed by atoms with Gasteiger partial charge in [0.2, 0.25) is 0 Å². The van der Waals surface area contributed by atoms with Gasteiger partial charge in [-0.15, -0.1) is 21.5 Å². The van der Waals surface area contributed by atoms with E-state index in [1.807, 2.05) is 67.8 Å². The zero-order chi connectivity index (χ0) is 41.6. The first-order valence-corrected chi connectivity index (χ1v) is 21.1. The zero-order valence-corrected chi connectivity index (χ0v) is 34.1. The number of rotatable bonds is 11. The topological polar surface area (TPSA) is 195 Å². The number of aliphatic imine (C=N–C) groups is 1. The summed E-state index contributed by atoms with van der Waals surface area (Å²) in [7, 11) is -3.95. The number of carbonyl (C=O) groups excluding carboxylic acids is 1. The third-order valence-corrected chi connectivity index (χ3v) is 13.2. The molecule has 0 spiro atoms. The number of aromatic nitrogens is 4. The summed E-state index contributed by atoms with van der Waals surface area (Å²) in [6.45, 7) is 8.13. The van der Waals surface area contributed by atoms with Crippen molar-refractivity contribution in [2.45, 2.75) is 58.0 Å². The van der Waals surface area contributed by atoms with Crippen molar-refractivity contribution in [3.63, 3.8) is 0 Å². The van der Waals surface area contributed by atoms with Crippen molar-refractivity contribution in [2.24, 2.45) is 4.99 Å². The van der Waals surface area contributed by atoms with Gasteiger partial charge in [0.1, 0.15) is 22.9 Å². The summed E-state index contributed by atoms with van der Waals surface area (Å²) in [6, 6.07) is 26.4. The largest absolute Gasteiger partial charge is 0.481 e. The maximum Gasteiger partial charge on any atom is 0.306 e. The maximum absolute atomic E-state index is 13.3. The summed E-state index contributed by atoms with van der Waals surface area (Å²) >= 11 is 1.61. The number of nitriles is 1. The Bertz CT molecular complexity index is 2970. The Morgan fingerprint density at radius 2 is 1.61 bits per heavy atom. The highest BCUT2D eigenvalue weighted by molar-refractivity contribution is 7.92. The number of hydrogen-bond acceptors (Lipinski definition) is 9. The molecule has 0 saturated carbocycles. The number of aromatic amines is 1. The van der Waals surface area contributed by atoms with Gasteiger partial charge in [-0.1, -0.05) is 61.5 Å². The van der Waals surface area contributed by atoms with Crippen LogP contribution >= 0.6 is 11.3 Å². The van der Waals surface area contributed by atoms with Crippen LogP contribution in [0.25, 0.3) is 27.0 Å². The molecule has 1 aliphatic rings. The second kappa shape index (κ2) is 15.5. The first kappa shape index (κ1) is 39.0. The zero-order valence-electron chi connectivity index (χ0n) is 32.5. The standard InChI is InChI=1S/C44H38N8O5S2/c1-5-28-16-19-35(41-39(28)33(21-45)23-46-41)51-59(56,57)34-17-6-27(7-18-34)22-47-43(55)32-14-10-30(11-15-32)29-8-12-31(13-9-29)40-38-24(2)25(3)58-44(38)52-26(4)49-50-42(52)36(48-40)20-37(53)54/h6-19,23,36,46,51H,5,20,22H2,1-4H3,(H,47,55)(H,53,54)/t36-/m0/s1. The van der Waals surface area contributed by atoms with Gasteiger partial charge in [-0.05, 0) is 85.3 Å². The average Bonchev–Trinajstić information content (AvgIpc) is 3.91. The molecule has 0 fully saturated rings. The molecule has 296 valence electrons. The highest BCUT2D eigenvalue weighted by Crippen LogP contribution is 2.40. The molecule has 0 unspecified atom stereocenters. The normalized spacial score (nSPS) is 13.5. The van der Waals surface area contributed by atoms with Crippen LogP contribution in [-0.4, -0.2) is 50.9 Å². The minimum absolute atomic E-state index is 0.0577. The quantitative estimate of drug-likeness (QED) is 0.101. The molecular weight excluding hydrogens is 785 g/mol. The highest BCUT2D eigenvalue weighted by atomic mass is 32.2. The Hall–Kier alpha value is -6.89. The van der Waals surface area contributed by atoms with Gasteiger partial charge in [0.15, 0.2) is 5.82 Å². The van der Waals surface area contributed by atoms with Crippen LogP contribution in [0.1, 0.15) is 79.7 Å². The second-order valence-electron chi connectivity index (χ2n) is 14.3. The fourth-order valence-corrected chi connectivity index (χ4v) is 9.67. The lowest BCUT2D eigenvalue weighted by atomic mass is 9.96. The number of H-pyrrole nitrogens is 1. The van der Waals surface area contributed by atoms with Crippen molar-refractivity contribution in [1.29, 1.82) is 5.26 Å². The van der Waals surface area contributed by atoms with Crippen LogP contribution in [0.3, 0.4) is 0 Å². The third kappa shape index (κ3) is 7.28. The van der Waals surface area contributed by atoms with Crippen molar-refractivity contribution in [3.8, 4) is 22.2 Å². The molecule has 4 N–H and O–H groups in total. The smallest absolute Gasteiger partial charge is 0.306 e. The van der Waals surface area contributed by atoms with E-state index >= 15 is 0 Å². The van der Waals surface area contributed by atoms with Gasteiger partial charge >= 0.3 is 5.97 Å². The van der Waals surface area contributed by atoms with Crippen LogP contribution in [0.15, 0.2) is 101 Å². The number of anilines is 1. The van der Waals surface area contributed by atoms with E-state index in [9.17, 15) is 28.4 Å². The predicted molar refractivity (Wildman–Crippen MR) is 227 cm³/mol. The number of carboxylic acid groups (broad SMARTS) is 1. The summed E-state index contributed by atoms with van der Waals surface area (Å²) in [5, 5.41) is 32.4. The predicted octanol–water partition coefficient (Wildman–Crippen LogP) is 7.93. The molecule has 15 heteroatoms. The summed E-state index contributed by atoms with van der Waals surface area (Å²) in [5.41, 5.74) is 8.86. The number of fused-ring (bicyclic) bond motifs is 4.